The number of nitrogens with one attached hydrogen (secondary N) is 2. The van der Waals surface area contributed by atoms with Gasteiger partial charge in [-0.15, -0.1) is 0 Å². The highest BCUT2D eigenvalue weighted by atomic mass is 16.1. The summed E-state index contributed by atoms with van der Waals surface area (Å²) in [6, 6.07) is 5.77. The van der Waals surface area contributed by atoms with Gasteiger partial charge in [0.2, 0.25) is 0 Å². The van der Waals surface area contributed by atoms with Gasteiger partial charge in [0.15, 0.2) is 0 Å². The molecular formula is C13H16N2O. The summed E-state index contributed by atoms with van der Waals surface area (Å²) in [4.78, 5) is 11.7. The molecule has 0 fully saturated rings. The zero-order valence-electron chi connectivity index (χ0n) is 9.63. The van der Waals surface area contributed by atoms with Crippen molar-refractivity contribution in [2.24, 2.45) is 0 Å². The first-order valence-electron chi connectivity index (χ1n) is 5.56. The molecule has 2 N–H and O–H groups in total. The molecule has 1 heterocycles. The molecule has 1 aromatic rings. The topological polar surface area (TPSA) is 41.1 Å². The first kappa shape index (κ1) is 10.7. The van der Waals surface area contributed by atoms with Crippen molar-refractivity contribution in [3.8, 4) is 0 Å². The quantitative estimate of drug-likeness (QED) is 0.796. The van der Waals surface area contributed by atoms with Crippen molar-refractivity contribution in [3.05, 3.63) is 35.4 Å². The van der Waals surface area contributed by atoms with Gasteiger partial charge in [0.05, 0.1) is 0 Å². The first-order valence-corrected chi connectivity index (χ1v) is 5.56. The van der Waals surface area contributed by atoms with Crippen LogP contribution in [-0.4, -0.2) is 19.5 Å². The third-order valence-electron chi connectivity index (χ3n) is 2.79. The zero-order chi connectivity index (χ0) is 11.5. The van der Waals surface area contributed by atoms with E-state index in [0.29, 0.717) is 6.54 Å². The third kappa shape index (κ3) is 1.69. The fourth-order valence-corrected chi connectivity index (χ4v) is 2.08. The summed E-state index contributed by atoms with van der Waals surface area (Å²) in [5.41, 5.74) is 4.03. The molecule has 0 unspecified atom stereocenters. The second-order valence-corrected chi connectivity index (χ2v) is 3.80. The lowest BCUT2D eigenvalue weighted by atomic mass is 9.93. The number of rotatable bonds is 2. The van der Waals surface area contributed by atoms with Crippen LogP contribution in [-0.2, 0) is 0 Å². The maximum Gasteiger partial charge on any atom is 0.252 e. The second kappa shape index (κ2) is 4.39. The number of anilines is 1. The first-order chi connectivity index (χ1) is 7.77. The van der Waals surface area contributed by atoms with Gasteiger partial charge >= 0.3 is 0 Å². The number of carbonyl (C=O) groups excluding carboxylic acids is 1. The van der Waals surface area contributed by atoms with E-state index in [1.54, 1.807) is 0 Å². The highest BCUT2D eigenvalue weighted by Crippen LogP contribution is 2.30. The normalized spacial score (nSPS) is 16.9. The molecule has 0 saturated carbocycles. The van der Waals surface area contributed by atoms with Crippen LogP contribution in [0.1, 0.15) is 29.3 Å². The number of amides is 1. The molecule has 2 rings (SSSR count). The maximum absolute atomic E-state index is 11.7. The van der Waals surface area contributed by atoms with E-state index < -0.39 is 0 Å². The van der Waals surface area contributed by atoms with Crippen molar-refractivity contribution >= 4 is 17.2 Å². The van der Waals surface area contributed by atoms with Crippen molar-refractivity contribution in [2.45, 2.75) is 13.3 Å². The van der Waals surface area contributed by atoms with E-state index in [2.05, 4.69) is 23.6 Å². The minimum atomic E-state index is 0.0142. The summed E-state index contributed by atoms with van der Waals surface area (Å²) in [5.74, 6) is 0.0142. The molecule has 1 aromatic carbocycles. The highest BCUT2D eigenvalue weighted by Gasteiger charge is 2.22. The lowest BCUT2D eigenvalue weighted by Crippen LogP contribution is -2.31. The average molecular weight is 216 g/mol. The van der Waals surface area contributed by atoms with Crippen LogP contribution in [0.3, 0.4) is 0 Å². The van der Waals surface area contributed by atoms with E-state index in [9.17, 15) is 4.79 Å². The van der Waals surface area contributed by atoms with Crippen LogP contribution in [0.5, 0.6) is 0 Å². The van der Waals surface area contributed by atoms with E-state index in [4.69, 9.17) is 0 Å². The van der Waals surface area contributed by atoms with Crippen molar-refractivity contribution in [1.82, 2.24) is 5.32 Å². The van der Waals surface area contributed by atoms with Crippen LogP contribution in [0.25, 0.3) is 5.57 Å². The fraction of sp³-hybridized carbons (Fsp3) is 0.308. The van der Waals surface area contributed by atoms with E-state index in [-0.39, 0.29) is 5.91 Å². The molecule has 0 saturated heterocycles. The zero-order valence-corrected chi connectivity index (χ0v) is 9.63. The van der Waals surface area contributed by atoms with Gasteiger partial charge in [0.1, 0.15) is 0 Å². The van der Waals surface area contributed by atoms with Gasteiger partial charge in [-0.3, -0.25) is 4.79 Å². The van der Waals surface area contributed by atoms with E-state index in [1.807, 2.05) is 25.2 Å². The van der Waals surface area contributed by atoms with Gasteiger partial charge in [-0.1, -0.05) is 19.1 Å². The number of hydrogen-bond donors (Lipinski definition) is 2. The van der Waals surface area contributed by atoms with Gasteiger partial charge < -0.3 is 10.6 Å². The number of benzene rings is 1. The lowest BCUT2D eigenvalue weighted by molar-refractivity contribution is 0.0955. The number of fused-ring (bicyclic) bond motifs is 1. The molecule has 0 bridgehead atoms. The number of allylic oxidation sites excluding steroid dienone is 1. The Kier molecular flexibility index (Phi) is 2.95. The lowest BCUT2D eigenvalue weighted by Gasteiger charge is -2.22. The summed E-state index contributed by atoms with van der Waals surface area (Å²) in [6.07, 6.45) is 3.14. The molecule has 0 spiro atoms. The fourth-order valence-electron chi connectivity index (χ4n) is 2.08. The Labute approximate surface area is 95.6 Å². The Morgan fingerprint density at radius 1 is 1.50 bits per heavy atom. The van der Waals surface area contributed by atoms with Crippen LogP contribution < -0.4 is 10.6 Å². The standard InChI is InChI=1S/C13H16N2O/c1-3-5-9-8-15-13(16)10-6-4-7-11(14-2)12(9)10/h4-7,14H,3,8H2,1-2H3,(H,15,16)/b9-5-. The van der Waals surface area contributed by atoms with E-state index in [0.717, 1.165) is 23.2 Å². The van der Waals surface area contributed by atoms with Crippen molar-refractivity contribution < 1.29 is 4.79 Å². The summed E-state index contributed by atoms with van der Waals surface area (Å²) >= 11 is 0. The Morgan fingerprint density at radius 2 is 2.31 bits per heavy atom. The molecule has 3 heteroatoms. The van der Waals surface area contributed by atoms with E-state index >= 15 is 0 Å². The summed E-state index contributed by atoms with van der Waals surface area (Å²) in [7, 11) is 1.88. The third-order valence-corrected chi connectivity index (χ3v) is 2.79. The van der Waals surface area contributed by atoms with Crippen LogP contribution >= 0.6 is 0 Å². The van der Waals surface area contributed by atoms with E-state index in [1.165, 1.54) is 5.57 Å². The second-order valence-electron chi connectivity index (χ2n) is 3.80. The summed E-state index contributed by atoms with van der Waals surface area (Å²) in [5, 5.41) is 6.03. The maximum atomic E-state index is 11.7. The van der Waals surface area contributed by atoms with Gasteiger partial charge in [-0.2, -0.15) is 0 Å². The van der Waals surface area contributed by atoms with Gasteiger partial charge in [-0.05, 0) is 24.1 Å². The Morgan fingerprint density at radius 3 is 3.00 bits per heavy atom. The largest absolute Gasteiger partial charge is 0.388 e. The molecule has 0 atom stereocenters. The summed E-state index contributed by atoms with van der Waals surface area (Å²) < 4.78 is 0. The van der Waals surface area contributed by atoms with Crippen molar-refractivity contribution in [1.29, 1.82) is 0 Å². The van der Waals surface area contributed by atoms with Gasteiger partial charge in [0, 0.05) is 30.4 Å². The predicted molar refractivity (Wildman–Crippen MR) is 66.6 cm³/mol. The number of hydrogen-bond acceptors (Lipinski definition) is 2. The summed E-state index contributed by atoms with van der Waals surface area (Å²) in [6.45, 7) is 2.73. The van der Waals surface area contributed by atoms with Crippen LogP contribution in [0.2, 0.25) is 0 Å². The molecule has 0 radical (unpaired) electrons. The van der Waals surface area contributed by atoms with Crippen molar-refractivity contribution in [2.75, 3.05) is 18.9 Å². The Balaban J connectivity index is 2.62. The van der Waals surface area contributed by atoms with Gasteiger partial charge in [-0.25, -0.2) is 0 Å². The predicted octanol–water partition coefficient (Wildman–Crippen LogP) is 2.27. The molecule has 16 heavy (non-hydrogen) atoms. The molecule has 3 nitrogen and oxygen atoms in total. The molecule has 1 aliphatic heterocycles. The van der Waals surface area contributed by atoms with Crippen LogP contribution in [0, 0.1) is 0 Å². The average Bonchev–Trinajstić information content (AvgIpc) is 2.32. The van der Waals surface area contributed by atoms with Crippen LogP contribution in [0.4, 0.5) is 5.69 Å². The molecule has 84 valence electrons. The number of carbonyl (C=O) groups is 1. The molecule has 0 aliphatic carbocycles. The molecule has 0 aromatic heterocycles. The SMILES string of the molecule is CC/C=C1/CNC(=O)c2cccc(NC)c21. The monoisotopic (exact) mass is 216 g/mol. The highest BCUT2D eigenvalue weighted by molar-refractivity contribution is 6.05. The minimum Gasteiger partial charge on any atom is -0.388 e. The van der Waals surface area contributed by atoms with Gasteiger partial charge in [0.25, 0.3) is 5.91 Å². The smallest absolute Gasteiger partial charge is 0.252 e. The Hall–Kier alpha value is -1.77. The van der Waals surface area contributed by atoms with Crippen molar-refractivity contribution in [3.63, 3.8) is 0 Å². The molecular weight excluding hydrogens is 200 g/mol. The Bertz CT molecular complexity index is 449. The van der Waals surface area contributed by atoms with Crippen LogP contribution in [0.15, 0.2) is 24.3 Å². The minimum absolute atomic E-state index is 0.0142. The molecule has 1 amide bonds. The molecule has 1 aliphatic rings.